The number of nitrogens with zero attached hydrogens (tertiary/aromatic N) is 1. The van der Waals surface area contributed by atoms with Crippen molar-refractivity contribution in [3.8, 4) is 22.3 Å². The second-order valence-electron chi connectivity index (χ2n) is 10.6. The van der Waals surface area contributed by atoms with Gasteiger partial charge in [0.15, 0.2) is 0 Å². The topological polar surface area (TPSA) is 3.24 Å². The Hall–Kier alpha value is -2.06. The lowest BCUT2D eigenvalue weighted by Gasteiger charge is -2.33. The average Bonchev–Trinajstić information content (AvgIpc) is 3.13. The van der Waals surface area contributed by atoms with Crippen LogP contribution in [0.2, 0.25) is 0 Å². The number of halogens is 1. The van der Waals surface area contributed by atoms with Crippen LogP contribution in [0.3, 0.4) is 0 Å². The third kappa shape index (κ3) is 5.53. The predicted molar refractivity (Wildman–Crippen MR) is 158 cm³/mol. The lowest BCUT2D eigenvalue weighted by molar-refractivity contribution is 0.401. The maximum Gasteiger partial charge on any atom is 0.0361 e. The van der Waals surface area contributed by atoms with Gasteiger partial charge in [0.25, 0.3) is 0 Å². The van der Waals surface area contributed by atoms with E-state index in [9.17, 15) is 0 Å². The van der Waals surface area contributed by atoms with Crippen LogP contribution in [-0.2, 0) is 5.41 Å². The van der Waals surface area contributed by atoms with Gasteiger partial charge in [-0.15, -0.1) is 0 Å². The Morgan fingerprint density at radius 1 is 0.629 bits per heavy atom. The minimum absolute atomic E-state index is 0.121. The Kier molecular flexibility index (Phi) is 8.76. The molecule has 0 saturated heterocycles. The quantitative estimate of drug-likeness (QED) is 0.210. The molecule has 0 N–H and O–H groups in total. The molecular weight excluding hydrogens is 490 g/mol. The summed E-state index contributed by atoms with van der Waals surface area (Å²) in [6.07, 6.45) is 13.0. The maximum absolute atomic E-state index is 3.81. The Morgan fingerprint density at radius 2 is 1.17 bits per heavy atom. The van der Waals surface area contributed by atoms with Gasteiger partial charge < -0.3 is 4.90 Å². The van der Waals surface area contributed by atoms with E-state index in [4.69, 9.17) is 0 Å². The molecule has 2 heteroatoms. The first-order valence-corrected chi connectivity index (χ1v) is 14.5. The van der Waals surface area contributed by atoms with Crippen molar-refractivity contribution in [1.82, 2.24) is 0 Å². The van der Waals surface area contributed by atoms with E-state index in [2.05, 4.69) is 109 Å². The van der Waals surface area contributed by atoms with Crippen molar-refractivity contribution in [2.24, 2.45) is 0 Å². The Labute approximate surface area is 222 Å². The molecule has 1 aliphatic carbocycles. The normalized spacial score (nSPS) is 13.5. The fourth-order valence-corrected chi connectivity index (χ4v) is 6.33. The smallest absolute Gasteiger partial charge is 0.0361 e. The van der Waals surface area contributed by atoms with Gasteiger partial charge in [-0.25, -0.2) is 0 Å². The van der Waals surface area contributed by atoms with Crippen molar-refractivity contribution >= 4 is 21.6 Å². The van der Waals surface area contributed by atoms with Crippen molar-refractivity contribution in [2.45, 2.75) is 83.5 Å². The van der Waals surface area contributed by atoms with Crippen LogP contribution >= 0.6 is 15.9 Å². The fraction of sp³-hybridized carbons (Fsp3) is 0.455. The summed E-state index contributed by atoms with van der Waals surface area (Å²) in [5.74, 6) is 0. The summed E-state index contributed by atoms with van der Waals surface area (Å²) in [5.41, 5.74) is 10.0. The minimum atomic E-state index is 0.121. The van der Waals surface area contributed by atoms with Crippen LogP contribution in [-0.4, -0.2) is 14.1 Å². The van der Waals surface area contributed by atoms with Crippen molar-refractivity contribution in [3.05, 3.63) is 76.3 Å². The highest BCUT2D eigenvalue weighted by atomic mass is 79.9. The van der Waals surface area contributed by atoms with Gasteiger partial charge >= 0.3 is 0 Å². The highest BCUT2D eigenvalue weighted by molar-refractivity contribution is 9.10. The fourth-order valence-electron chi connectivity index (χ4n) is 5.97. The monoisotopic (exact) mass is 531 g/mol. The molecule has 0 aliphatic heterocycles. The molecule has 0 radical (unpaired) electrons. The largest absolute Gasteiger partial charge is 0.378 e. The molecule has 0 unspecified atom stereocenters. The van der Waals surface area contributed by atoms with E-state index in [-0.39, 0.29) is 5.41 Å². The molecule has 0 atom stereocenters. The van der Waals surface area contributed by atoms with E-state index in [0.29, 0.717) is 0 Å². The molecule has 0 spiro atoms. The highest BCUT2D eigenvalue weighted by Crippen LogP contribution is 2.55. The van der Waals surface area contributed by atoms with Gasteiger partial charge in [-0.1, -0.05) is 111 Å². The zero-order chi connectivity index (χ0) is 24.8. The first kappa shape index (κ1) is 26.0. The van der Waals surface area contributed by atoms with Crippen LogP contribution in [0.4, 0.5) is 5.69 Å². The lowest BCUT2D eigenvalue weighted by Crippen LogP contribution is -2.25. The molecule has 3 aromatic rings. The van der Waals surface area contributed by atoms with Crippen LogP contribution in [0.1, 0.15) is 89.2 Å². The van der Waals surface area contributed by atoms with Crippen LogP contribution in [0.25, 0.3) is 22.3 Å². The molecule has 0 fully saturated rings. The number of benzene rings is 3. The van der Waals surface area contributed by atoms with Gasteiger partial charge in [-0.3, -0.25) is 0 Å². The van der Waals surface area contributed by atoms with Crippen molar-refractivity contribution in [1.29, 1.82) is 0 Å². The summed E-state index contributed by atoms with van der Waals surface area (Å²) in [7, 11) is 4.20. The number of unbranched alkanes of at least 4 members (excludes halogenated alkanes) is 6. The summed E-state index contributed by atoms with van der Waals surface area (Å²) < 4.78 is 1.20. The molecule has 0 bridgehead atoms. The predicted octanol–water partition coefficient (Wildman–Crippen LogP) is 10.4. The molecule has 1 nitrogen and oxygen atoms in total. The number of anilines is 1. The van der Waals surface area contributed by atoms with Gasteiger partial charge in [0.2, 0.25) is 0 Å². The molecule has 186 valence electrons. The molecule has 3 aromatic carbocycles. The van der Waals surface area contributed by atoms with Crippen LogP contribution in [0, 0.1) is 0 Å². The maximum atomic E-state index is 3.81. The average molecular weight is 533 g/mol. The van der Waals surface area contributed by atoms with Crippen LogP contribution in [0.15, 0.2) is 65.1 Å². The van der Waals surface area contributed by atoms with Gasteiger partial charge in [0, 0.05) is 29.7 Å². The second kappa shape index (κ2) is 11.8. The van der Waals surface area contributed by atoms with Gasteiger partial charge in [0.05, 0.1) is 0 Å². The Balaban J connectivity index is 1.79. The van der Waals surface area contributed by atoms with E-state index in [1.807, 2.05) is 0 Å². The van der Waals surface area contributed by atoms with Gasteiger partial charge in [-0.2, -0.15) is 0 Å². The van der Waals surface area contributed by atoms with Crippen LogP contribution < -0.4 is 4.90 Å². The SMILES string of the molecule is CCCCCCC1(CCCCCC)c2cc(Br)ccc2-c2ccc(-c3ccc(N(C)C)cc3)cc21. The number of hydrogen-bond donors (Lipinski definition) is 0. The molecule has 0 aromatic heterocycles. The molecule has 0 amide bonds. The van der Waals surface area contributed by atoms with Gasteiger partial charge in [-0.05, 0) is 76.6 Å². The van der Waals surface area contributed by atoms with Crippen LogP contribution in [0.5, 0.6) is 0 Å². The van der Waals surface area contributed by atoms with Crippen molar-refractivity contribution in [3.63, 3.8) is 0 Å². The number of fused-ring (bicyclic) bond motifs is 3. The van der Waals surface area contributed by atoms with E-state index in [1.165, 1.54) is 96.6 Å². The van der Waals surface area contributed by atoms with E-state index >= 15 is 0 Å². The van der Waals surface area contributed by atoms with Crippen molar-refractivity contribution in [2.75, 3.05) is 19.0 Å². The second-order valence-corrected chi connectivity index (χ2v) is 11.5. The Morgan fingerprint density at radius 3 is 1.74 bits per heavy atom. The summed E-state index contributed by atoms with van der Waals surface area (Å²) >= 11 is 3.81. The third-order valence-corrected chi connectivity index (χ3v) is 8.45. The summed E-state index contributed by atoms with van der Waals surface area (Å²) in [6, 6.07) is 23.3. The van der Waals surface area contributed by atoms with Gasteiger partial charge in [0.1, 0.15) is 0 Å². The molecular formula is C33H42BrN. The first-order valence-electron chi connectivity index (χ1n) is 13.7. The van der Waals surface area contributed by atoms with Crippen molar-refractivity contribution < 1.29 is 0 Å². The summed E-state index contributed by atoms with van der Waals surface area (Å²) in [5, 5.41) is 0. The number of rotatable bonds is 12. The van der Waals surface area contributed by atoms with E-state index < -0.39 is 0 Å². The lowest BCUT2D eigenvalue weighted by atomic mass is 9.70. The zero-order valence-electron chi connectivity index (χ0n) is 22.2. The molecule has 0 saturated carbocycles. The van der Waals surface area contributed by atoms with E-state index in [0.717, 1.165) is 0 Å². The summed E-state index contributed by atoms with van der Waals surface area (Å²) in [4.78, 5) is 2.17. The Bertz CT molecular complexity index is 1100. The molecule has 35 heavy (non-hydrogen) atoms. The zero-order valence-corrected chi connectivity index (χ0v) is 23.8. The first-order chi connectivity index (χ1) is 17.0. The standard InChI is InChI=1S/C33H42BrN/c1-5-7-9-11-21-33(22-12-10-8-6-2)31-23-26(25-13-17-28(18-14-25)35(3)4)15-19-29(31)30-20-16-27(34)24-32(30)33/h13-20,23-24H,5-12,21-22H2,1-4H3. The third-order valence-electron chi connectivity index (χ3n) is 7.95. The minimum Gasteiger partial charge on any atom is -0.378 e. The molecule has 4 rings (SSSR count). The summed E-state index contributed by atoms with van der Waals surface area (Å²) in [6.45, 7) is 4.62. The number of hydrogen-bond acceptors (Lipinski definition) is 1. The highest BCUT2D eigenvalue weighted by Gasteiger charge is 2.42. The molecule has 1 aliphatic rings. The van der Waals surface area contributed by atoms with E-state index in [1.54, 1.807) is 11.1 Å². The molecule has 0 heterocycles.